The number of nitrogens with one attached hydrogen (secondary N) is 1. The number of anilines is 1. The lowest BCUT2D eigenvalue weighted by Gasteiger charge is -2.26. The van der Waals surface area contributed by atoms with Crippen molar-refractivity contribution in [2.45, 2.75) is 26.6 Å². The van der Waals surface area contributed by atoms with E-state index in [9.17, 15) is 0 Å². The summed E-state index contributed by atoms with van der Waals surface area (Å²) in [6.45, 7) is 6.63. The van der Waals surface area contributed by atoms with Crippen LogP contribution in [-0.2, 0) is 19.6 Å². The fraction of sp³-hybridized carbons (Fsp3) is 0.462. The highest BCUT2D eigenvalue weighted by atomic mass is 15.3. The minimum Gasteiger partial charge on any atom is -0.370 e. The zero-order valence-corrected chi connectivity index (χ0v) is 11.1. The number of fused-ring (bicyclic) bond motifs is 1. The molecule has 0 spiro atoms. The van der Waals surface area contributed by atoms with Gasteiger partial charge in [0.1, 0.15) is 18.0 Å². The average molecular weight is 258 g/mol. The Labute approximate surface area is 112 Å². The zero-order chi connectivity index (χ0) is 13.1. The maximum Gasteiger partial charge on any atom is 0.147 e. The van der Waals surface area contributed by atoms with Crippen molar-refractivity contribution in [3.05, 3.63) is 36.0 Å². The highest BCUT2D eigenvalue weighted by Crippen LogP contribution is 2.13. The van der Waals surface area contributed by atoms with Crippen LogP contribution >= 0.6 is 0 Å². The molecule has 1 aliphatic rings. The first kappa shape index (κ1) is 12.1. The van der Waals surface area contributed by atoms with Crippen molar-refractivity contribution in [3.63, 3.8) is 0 Å². The number of nitrogens with zero attached hydrogens (tertiary/aromatic N) is 5. The maximum atomic E-state index is 4.60. The van der Waals surface area contributed by atoms with Gasteiger partial charge in [-0.25, -0.2) is 4.98 Å². The number of rotatable bonds is 4. The Morgan fingerprint density at radius 1 is 1.32 bits per heavy atom. The van der Waals surface area contributed by atoms with Gasteiger partial charge in [-0.05, 0) is 19.1 Å². The Balaban J connectivity index is 1.67. The van der Waals surface area contributed by atoms with Gasteiger partial charge in [0.15, 0.2) is 0 Å². The lowest BCUT2D eigenvalue weighted by molar-refractivity contribution is 0.206. The Morgan fingerprint density at radius 2 is 2.26 bits per heavy atom. The van der Waals surface area contributed by atoms with E-state index >= 15 is 0 Å². The summed E-state index contributed by atoms with van der Waals surface area (Å²) >= 11 is 0. The molecule has 1 N–H and O–H groups in total. The van der Waals surface area contributed by atoms with E-state index in [0.717, 1.165) is 50.1 Å². The summed E-state index contributed by atoms with van der Waals surface area (Å²) in [4.78, 5) is 6.95. The predicted molar refractivity (Wildman–Crippen MR) is 72.5 cm³/mol. The van der Waals surface area contributed by atoms with E-state index in [4.69, 9.17) is 0 Å². The summed E-state index contributed by atoms with van der Waals surface area (Å²) in [6.07, 6.45) is 1.80. The van der Waals surface area contributed by atoms with Gasteiger partial charge in [-0.15, -0.1) is 10.2 Å². The van der Waals surface area contributed by atoms with Crippen molar-refractivity contribution in [2.75, 3.05) is 18.4 Å². The normalized spacial score (nSPS) is 15.2. The smallest absolute Gasteiger partial charge is 0.147 e. The summed E-state index contributed by atoms with van der Waals surface area (Å²) in [7, 11) is 0. The van der Waals surface area contributed by atoms with Crippen molar-refractivity contribution in [3.8, 4) is 0 Å². The molecule has 2 aromatic rings. The third-order valence-corrected chi connectivity index (χ3v) is 3.27. The standard InChI is InChI=1S/C13H18N6/c1-2-14-12-5-3-4-11(16-12)8-18-6-7-19-10-15-17-13(19)9-18/h3-5,10H,2,6-9H2,1H3,(H,14,16). The molecular weight excluding hydrogens is 240 g/mol. The van der Waals surface area contributed by atoms with Crippen molar-refractivity contribution in [2.24, 2.45) is 0 Å². The molecule has 0 amide bonds. The van der Waals surface area contributed by atoms with Gasteiger partial charge in [0.05, 0.1) is 12.2 Å². The SMILES string of the molecule is CCNc1cccc(CN2CCn3cnnc3C2)n1. The van der Waals surface area contributed by atoms with Gasteiger partial charge in [-0.3, -0.25) is 4.90 Å². The quantitative estimate of drug-likeness (QED) is 0.890. The Kier molecular flexibility index (Phi) is 3.41. The molecule has 0 radical (unpaired) electrons. The lowest BCUT2D eigenvalue weighted by atomic mass is 10.3. The number of pyridine rings is 1. The highest BCUT2D eigenvalue weighted by molar-refractivity contribution is 5.34. The van der Waals surface area contributed by atoms with Crippen molar-refractivity contribution >= 4 is 5.82 Å². The van der Waals surface area contributed by atoms with Crippen LogP contribution in [-0.4, -0.2) is 37.7 Å². The first-order valence-electron chi connectivity index (χ1n) is 6.64. The van der Waals surface area contributed by atoms with Crippen LogP contribution < -0.4 is 5.32 Å². The molecule has 0 saturated heterocycles. The largest absolute Gasteiger partial charge is 0.370 e. The van der Waals surface area contributed by atoms with Gasteiger partial charge >= 0.3 is 0 Å². The van der Waals surface area contributed by atoms with Crippen molar-refractivity contribution in [1.82, 2.24) is 24.6 Å². The second-order valence-electron chi connectivity index (χ2n) is 4.70. The molecule has 100 valence electrons. The van der Waals surface area contributed by atoms with Gasteiger partial charge in [0.2, 0.25) is 0 Å². The van der Waals surface area contributed by atoms with Gasteiger partial charge in [0.25, 0.3) is 0 Å². The molecule has 0 saturated carbocycles. The fourth-order valence-corrected chi connectivity index (χ4v) is 2.33. The maximum absolute atomic E-state index is 4.60. The molecule has 0 unspecified atom stereocenters. The average Bonchev–Trinajstić information content (AvgIpc) is 2.87. The first-order chi connectivity index (χ1) is 9.35. The molecule has 0 fully saturated rings. The van der Waals surface area contributed by atoms with E-state index < -0.39 is 0 Å². The van der Waals surface area contributed by atoms with Crippen molar-refractivity contribution in [1.29, 1.82) is 0 Å². The third-order valence-electron chi connectivity index (χ3n) is 3.27. The van der Waals surface area contributed by atoms with E-state index in [1.165, 1.54) is 0 Å². The Hall–Kier alpha value is -1.95. The topological polar surface area (TPSA) is 58.9 Å². The second kappa shape index (κ2) is 5.36. The first-order valence-corrected chi connectivity index (χ1v) is 6.64. The van der Waals surface area contributed by atoms with Crippen LogP contribution in [0.3, 0.4) is 0 Å². The molecule has 0 aromatic carbocycles. The molecule has 6 heteroatoms. The molecule has 3 rings (SSSR count). The van der Waals surface area contributed by atoms with Crippen LogP contribution in [0.2, 0.25) is 0 Å². The predicted octanol–water partition coefficient (Wildman–Crippen LogP) is 1.12. The fourth-order valence-electron chi connectivity index (χ4n) is 2.33. The summed E-state index contributed by atoms with van der Waals surface area (Å²) in [5.74, 6) is 1.98. The monoisotopic (exact) mass is 258 g/mol. The zero-order valence-electron chi connectivity index (χ0n) is 11.1. The van der Waals surface area contributed by atoms with Crippen LogP contribution in [0.1, 0.15) is 18.4 Å². The molecule has 0 aliphatic carbocycles. The van der Waals surface area contributed by atoms with E-state index in [0.29, 0.717) is 0 Å². The van der Waals surface area contributed by atoms with E-state index in [2.05, 4.69) is 43.0 Å². The second-order valence-corrected chi connectivity index (χ2v) is 4.70. The van der Waals surface area contributed by atoms with Gasteiger partial charge in [0, 0.05) is 26.2 Å². The summed E-state index contributed by atoms with van der Waals surface area (Å²) in [6, 6.07) is 6.12. The summed E-state index contributed by atoms with van der Waals surface area (Å²) < 4.78 is 2.11. The summed E-state index contributed by atoms with van der Waals surface area (Å²) in [5, 5.41) is 11.3. The van der Waals surface area contributed by atoms with Crippen LogP contribution in [0.25, 0.3) is 0 Å². The molecule has 0 atom stereocenters. The molecule has 0 bridgehead atoms. The van der Waals surface area contributed by atoms with Crippen LogP contribution in [0.5, 0.6) is 0 Å². The minimum absolute atomic E-state index is 0.840. The van der Waals surface area contributed by atoms with E-state index in [-0.39, 0.29) is 0 Å². The lowest BCUT2D eigenvalue weighted by Crippen LogP contribution is -2.33. The van der Waals surface area contributed by atoms with Gasteiger partial charge in [-0.2, -0.15) is 0 Å². The van der Waals surface area contributed by atoms with Crippen LogP contribution in [0, 0.1) is 0 Å². The Morgan fingerprint density at radius 3 is 3.16 bits per heavy atom. The molecule has 1 aliphatic heterocycles. The number of hydrogen-bond acceptors (Lipinski definition) is 5. The van der Waals surface area contributed by atoms with Crippen molar-refractivity contribution < 1.29 is 0 Å². The Bertz CT molecular complexity index is 550. The molecule has 2 aromatic heterocycles. The molecular formula is C13H18N6. The van der Waals surface area contributed by atoms with Crippen LogP contribution in [0.15, 0.2) is 24.5 Å². The minimum atomic E-state index is 0.840. The number of aromatic nitrogens is 4. The number of hydrogen-bond donors (Lipinski definition) is 1. The summed E-state index contributed by atoms with van der Waals surface area (Å²) in [5.41, 5.74) is 1.09. The molecule has 6 nitrogen and oxygen atoms in total. The van der Waals surface area contributed by atoms with Crippen LogP contribution in [0.4, 0.5) is 5.82 Å². The molecule has 19 heavy (non-hydrogen) atoms. The molecule has 3 heterocycles. The van der Waals surface area contributed by atoms with Gasteiger partial charge < -0.3 is 9.88 Å². The van der Waals surface area contributed by atoms with E-state index in [1.54, 1.807) is 6.33 Å². The van der Waals surface area contributed by atoms with E-state index in [1.807, 2.05) is 12.1 Å². The highest BCUT2D eigenvalue weighted by Gasteiger charge is 2.17. The van der Waals surface area contributed by atoms with Gasteiger partial charge in [-0.1, -0.05) is 6.07 Å². The third kappa shape index (κ3) is 2.73.